The predicted molar refractivity (Wildman–Crippen MR) is 104 cm³/mol. The fraction of sp³-hybridized carbons (Fsp3) is 0.421. The molecule has 3 rings (SSSR count). The average molecular weight is 439 g/mol. The second-order valence-electron chi connectivity index (χ2n) is 6.20. The second-order valence-corrected chi connectivity index (χ2v) is 7.32. The molecule has 1 aromatic carbocycles. The van der Waals surface area contributed by atoms with Crippen molar-refractivity contribution in [2.24, 2.45) is 0 Å². The second kappa shape index (κ2) is 8.29. The summed E-state index contributed by atoms with van der Waals surface area (Å²) in [6.07, 6.45) is 8.44. The van der Waals surface area contributed by atoms with Crippen LogP contribution >= 0.6 is 31.9 Å². The number of rotatable bonds is 5. The number of aromatic nitrogens is 1. The Balaban J connectivity index is 1.72. The van der Waals surface area contributed by atoms with Gasteiger partial charge in [0.15, 0.2) is 18.9 Å². The minimum atomic E-state index is 0.902. The summed E-state index contributed by atoms with van der Waals surface area (Å²) in [5.74, 6) is 0. The van der Waals surface area contributed by atoms with Crippen molar-refractivity contribution < 1.29 is 4.57 Å². The van der Waals surface area contributed by atoms with Crippen LogP contribution < -0.4 is 9.47 Å². The maximum Gasteiger partial charge on any atom is 0.173 e. The molecule has 1 aliphatic rings. The van der Waals surface area contributed by atoms with E-state index in [0.29, 0.717) is 0 Å². The molecular formula is C19H23Br2N2+. The Morgan fingerprint density at radius 2 is 1.39 bits per heavy atom. The lowest BCUT2D eigenvalue weighted by molar-refractivity contribution is -0.688. The number of alkyl halides is 2. The van der Waals surface area contributed by atoms with Gasteiger partial charge in [-0.1, -0.05) is 37.9 Å². The zero-order valence-corrected chi connectivity index (χ0v) is 16.5. The molecule has 0 bridgehead atoms. The van der Waals surface area contributed by atoms with Gasteiger partial charge in [-0.05, 0) is 42.5 Å². The van der Waals surface area contributed by atoms with E-state index in [0.717, 1.165) is 17.2 Å². The highest BCUT2D eigenvalue weighted by molar-refractivity contribution is 9.08. The number of pyridine rings is 1. The van der Waals surface area contributed by atoms with Crippen LogP contribution in [0.25, 0.3) is 0 Å². The smallest absolute Gasteiger partial charge is 0.173 e. The quantitative estimate of drug-likeness (QED) is 0.480. The van der Waals surface area contributed by atoms with E-state index in [1.54, 1.807) is 0 Å². The normalized spacial score (nSPS) is 15.0. The van der Waals surface area contributed by atoms with E-state index in [4.69, 9.17) is 0 Å². The van der Waals surface area contributed by atoms with Crippen molar-refractivity contribution in [1.29, 1.82) is 0 Å². The van der Waals surface area contributed by atoms with E-state index in [2.05, 4.69) is 84.1 Å². The topological polar surface area (TPSA) is 7.12 Å². The van der Waals surface area contributed by atoms with Gasteiger partial charge in [-0.25, -0.2) is 4.57 Å². The summed E-state index contributed by atoms with van der Waals surface area (Å²) >= 11 is 7.13. The lowest BCUT2D eigenvalue weighted by atomic mass is 10.1. The number of anilines is 1. The molecule has 1 aromatic heterocycles. The zero-order valence-electron chi connectivity index (χ0n) is 13.3. The van der Waals surface area contributed by atoms with Crippen molar-refractivity contribution in [2.45, 2.75) is 36.5 Å². The molecule has 2 heterocycles. The van der Waals surface area contributed by atoms with Gasteiger partial charge in [-0.2, -0.15) is 0 Å². The van der Waals surface area contributed by atoms with Crippen LogP contribution in [0.1, 0.15) is 36.0 Å². The summed E-state index contributed by atoms with van der Waals surface area (Å²) in [7, 11) is 0. The minimum absolute atomic E-state index is 0.902. The lowest BCUT2D eigenvalue weighted by Gasteiger charge is -2.28. The monoisotopic (exact) mass is 437 g/mol. The average Bonchev–Trinajstić information content (AvgIpc) is 2.62. The Morgan fingerprint density at radius 1 is 0.826 bits per heavy atom. The molecule has 0 unspecified atom stereocenters. The van der Waals surface area contributed by atoms with Gasteiger partial charge < -0.3 is 4.90 Å². The number of benzene rings is 1. The van der Waals surface area contributed by atoms with Crippen LogP contribution in [0, 0.1) is 0 Å². The minimum Gasteiger partial charge on any atom is -0.371 e. The number of halogens is 2. The molecule has 1 saturated heterocycles. The van der Waals surface area contributed by atoms with Crippen LogP contribution in [0.15, 0.2) is 42.7 Å². The first kappa shape index (κ1) is 17.0. The Morgan fingerprint density at radius 3 is 1.96 bits per heavy atom. The van der Waals surface area contributed by atoms with Crippen molar-refractivity contribution in [3.63, 3.8) is 0 Å². The van der Waals surface area contributed by atoms with Gasteiger partial charge in [0.05, 0.1) is 0 Å². The Labute approximate surface area is 155 Å². The van der Waals surface area contributed by atoms with Gasteiger partial charge in [0.1, 0.15) is 0 Å². The summed E-state index contributed by atoms with van der Waals surface area (Å²) in [4.78, 5) is 2.50. The van der Waals surface area contributed by atoms with E-state index in [1.807, 2.05) is 0 Å². The van der Waals surface area contributed by atoms with Gasteiger partial charge in [0.2, 0.25) is 0 Å². The molecule has 4 heteroatoms. The summed E-state index contributed by atoms with van der Waals surface area (Å²) < 4.78 is 2.26. The van der Waals surface area contributed by atoms with Gasteiger partial charge >= 0.3 is 0 Å². The first-order valence-electron chi connectivity index (χ1n) is 8.26. The number of nitrogens with zero attached hydrogens (tertiary/aromatic N) is 2. The van der Waals surface area contributed by atoms with E-state index in [9.17, 15) is 0 Å². The first-order chi connectivity index (χ1) is 11.3. The van der Waals surface area contributed by atoms with E-state index in [1.165, 1.54) is 54.7 Å². The van der Waals surface area contributed by atoms with Gasteiger partial charge in [-0.3, -0.25) is 0 Å². The third kappa shape index (κ3) is 4.57. The molecule has 23 heavy (non-hydrogen) atoms. The highest BCUT2D eigenvalue weighted by Gasteiger charge is 2.12. The molecule has 122 valence electrons. The molecule has 0 N–H and O–H groups in total. The predicted octanol–water partition coefficient (Wildman–Crippen LogP) is 4.80. The molecule has 0 radical (unpaired) electrons. The van der Waals surface area contributed by atoms with Gasteiger partial charge in [-0.15, -0.1) is 0 Å². The van der Waals surface area contributed by atoms with Crippen molar-refractivity contribution in [1.82, 2.24) is 0 Å². The Bertz CT molecular complexity index is 612. The van der Waals surface area contributed by atoms with Crippen molar-refractivity contribution in [3.8, 4) is 0 Å². The maximum absolute atomic E-state index is 3.57. The Hall–Kier alpha value is -0.870. The van der Waals surface area contributed by atoms with Crippen molar-refractivity contribution in [2.75, 3.05) is 18.0 Å². The van der Waals surface area contributed by atoms with Crippen LogP contribution in [0.2, 0.25) is 0 Å². The highest BCUT2D eigenvalue weighted by atomic mass is 79.9. The SMILES string of the molecule is BrCc1cc(CBr)cc(C[n+]2ccc(N3CCCCC3)cc2)c1. The molecule has 1 fully saturated rings. The molecule has 0 spiro atoms. The maximum atomic E-state index is 3.57. The summed E-state index contributed by atoms with van der Waals surface area (Å²) in [5, 5.41) is 1.80. The number of hydrogen-bond donors (Lipinski definition) is 0. The van der Waals surface area contributed by atoms with Crippen LogP contribution in [0.5, 0.6) is 0 Å². The Kier molecular flexibility index (Phi) is 6.12. The largest absolute Gasteiger partial charge is 0.371 e. The third-order valence-electron chi connectivity index (χ3n) is 4.38. The summed E-state index contributed by atoms with van der Waals surface area (Å²) in [6.45, 7) is 3.32. The van der Waals surface area contributed by atoms with Crippen molar-refractivity contribution >= 4 is 37.5 Å². The van der Waals surface area contributed by atoms with E-state index in [-0.39, 0.29) is 0 Å². The van der Waals surface area contributed by atoms with Crippen LogP contribution in [0.4, 0.5) is 5.69 Å². The van der Waals surface area contributed by atoms with Crippen molar-refractivity contribution in [3.05, 3.63) is 59.4 Å². The molecule has 2 aromatic rings. The van der Waals surface area contributed by atoms with E-state index < -0.39 is 0 Å². The third-order valence-corrected chi connectivity index (χ3v) is 5.68. The molecule has 2 nitrogen and oxygen atoms in total. The van der Waals surface area contributed by atoms with Crippen LogP contribution in [-0.2, 0) is 17.2 Å². The van der Waals surface area contributed by atoms with Gasteiger partial charge in [0, 0.05) is 47.1 Å². The van der Waals surface area contributed by atoms with E-state index >= 15 is 0 Å². The zero-order chi connectivity index (χ0) is 16.1. The molecule has 0 atom stereocenters. The summed E-state index contributed by atoms with van der Waals surface area (Å²) in [5.41, 5.74) is 5.38. The molecule has 0 saturated carbocycles. The summed E-state index contributed by atoms with van der Waals surface area (Å²) in [6, 6.07) is 11.3. The molecule has 0 amide bonds. The number of piperidine rings is 1. The molecule has 1 aliphatic heterocycles. The molecule has 0 aliphatic carbocycles. The number of hydrogen-bond acceptors (Lipinski definition) is 1. The van der Waals surface area contributed by atoms with Crippen LogP contribution in [-0.4, -0.2) is 13.1 Å². The fourth-order valence-corrected chi connectivity index (χ4v) is 3.86. The van der Waals surface area contributed by atoms with Crippen LogP contribution in [0.3, 0.4) is 0 Å². The first-order valence-corrected chi connectivity index (χ1v) is 10.5. The highest BCUT2D eigenvalue weighted by Crippen LogP contribution is 2.19. The van der Waals surface area contributed by atoms with Gasteiger partial charge in [0.25, 0.3) is 0 Å². The molecular weight excluding hydrogens is 416 g/mol. The standard InChI is InChI=1S/C19H23Br2N2/c20-13-16-10-17(14-21)12-18(11-16)15-22-8-4-19(5-9-22)23-6-2-1-3-7-23/h4-5,8-12H,1-3,6-7,13-15H2/q+1. The fourth-order valence-electron chi connectivity index (χ4n) is 3.21. The lowest BCUT2D eigenvalue weighted by Crippen LogP contribution is -2.35.